The van der Waals surface area contributed by atoms with Crippen molar-refractivity contribution in [3.8, 4) is 22.6 Å². The summed E-state index contributed by atoms with van der Waals surface area (Å²) in [4.78, 5) is 26.1. The summed E-state index contributed by atoms with van der Waals surface area (Å²) in [5.41, 5.74) is 5.70. The number of nitriles is 1. The van der Waals surface area contributed by atoms with Crippen LogP contribution in [0.25, 0.3) is 16.8 Å². The molecule has 0 atom stereocenters. The van der Waals surface area contributed by atoms with Crippen LogP contribution in [0.1, 0.15) is 107 Å². The molecular formula is C47H45ClN10O4S. The minimum atomic E-state index is -0.212. The predicted molar refractivity (Wildman–Crippen MR) is 240 cm³/mol. The van der Waals surface area contributed by atoms with E-state index in [-0.39, 0.29) is 29.6 Å². The molecule has 4 aromatic heterocycles. The van der Waals surface area contributed by atoms with Gasteiger partial charge in [-0.1, -0.05) is 11.6 Å². The standard InChI is InChI=1S/C47H45ClN10O4S/c1-27-28(2)63-46-42(27)43(52-39(23-41-50-18-21-60-41)44-56-53-29(3)58(44)46)30-4-9-33(10-5-30)62-36-24-47(25-36)16-19-57(20-17-47)40-15-14-38(54-55-40)45(59)51-32-7-12-34(13-8-32)61-35-11-6-31(26-49)37(48)22-35/h4-6,9-11,14-15,18,21-23,32,34,36H,7-8,12-13,16-17,19-20,24-25H2,1-3H3,(H,51,59)/b39-23+. The van der Waals surface area contributed by atoms with Crippen molar-refractivity contribution in [2.75, 3.05) is 18.0 Å². The van der Waals surface area contributed by atoms with E-state index in [1.165, 1.54) is 10.4 Å². The molecule has 2 aromatic carbocycles. The molecule has 0 radical (unpaired) electrons. The summed E-state index contributed by atoms with van der Waals surface area (Å²) in [5, 5.41) is 31.4. The highest BCUT2D eigenvalue weighted by atomic mass is 35.5. The first-order valence-electron chi connectivity index (χ1n) is 21.4. The molecule has 1 spiro atoms. The van der Waals surface area contributed by atoms with Gasteiger partial charge in [0.05, 0.1) is 34.7 Å². The number of fused-ring (bicyclic) bond motifs is 3. The van der Waals surface area contributed by atoms with E-state index in [9.17, 15) is 4.79 Å². The van der Waals surface area contributed by atoms with Crippen LogP contribution in [0.4, 0.5) is 5.82 Å². The maximum atomic E-state index is 13.1. The van der Waals surface area contributed by atoms with E-state index in [4.69, 9.17) is 35.7 Å². The normalized spacial score (nSPS) is 20.0. The Morgan fingerprint density at radius 2 is 1.71 bits per heavy atom. The minimum Gasteiger partial charge on any atom is -0.490 e. The number of oxazole rings is 1. The van der Waals surface area contributed by atoms with Crippen LogP contribution in [-0.2, 0) is 0 Å². The third-order valence-electron chi connectivity index (χ3n) is 13.0. The van der Waals surface area contributed by atoms with Crippen molar-refractivity contribution in [2.45, 2.75) is 90.4 Å². The van der Waals surface area contributed by atoms with Crippen molar-refractivity contribution in [3.05, 3.63) is 122 Å². The summed E-state index contributed by atoms with van der Waals surface area (Å²) in [5.74, 6) is 3.95. The zero-order chi connectivity index (χ0) is 43.2. The monoisotopic (exact) mass is 880 g/mol. The number of hydrogen-bond acceptors (Lipinski definition) is 13. The van der Waals surface area contributed by atoms with Crippen LogP contribution in [-0.4, -0.2) is 72.9 Å². The number of carbonyl (C=O) groups excluding carboxylic acids is 1. The second-order valence-electron chi connectivity index (χ2n) is 17.0. The lowest BCUT2D eigenvalue weighted by molar-refractivity contribution is -0.0311. The van der Waals surface area contributed by atoms with E-state index in [1.54, 1.807) is 48.1 Å². The first-order chi connectivity index (χ1) is 30.6. The SMILES string of the molecule is Cc1sc2c(c1C)C(c1ccc(OC3CC4(CCN(c5ccc(C(=O)NC6CCC(Oc7ccc(C#N)c(Cl)c7)CC6)nn5)CC4)C3)cc1)=N/C(=C/c1ncco1)c1nnc(C)n1-2. The van der Waals surface area contributed by atoms with Gasteiger partial charge in [-0.3, -0.25) is 9.36 Å². The summed E-state index contributed by atoms with van der Waals surface area (Å²) in [6.07, 6.45) is 12.5. The average molecular weight is 881 g/mol. The Bertz CT molecular complexity index is 2770. The number of carbonyl (C=O) groups is 1. The molecule has 2 saturated carbocycles. The first kappa shape index (κ1) is 40.7. The molecule has 0 unspecified atom stereocenters. The fourth-order valence-corrected chi connectivity index (χ4v) is 10.7. The number of rotatable bonds is 9. The molecule has 6 heterocycles. The molecule has 320 valence electrons. The Kier molecular flexibility index (Phi) is 10.8. The third kappa shape index (κ3) is 8.09. The lowest BCUT2D eigenvalue weighted by atomic mass is 9.61. The number of hydrogen-bond donors (Lipinski definition) is 1. The van der Waals surface area contributed by atoms with Crippen LogP contribution < -0.4 is 19.7 Å². The van der Waals surface area contributed by atoms with Gasteiger partial charge in [0.25, 0.3) is 5.91 Å². The Balaban J connectivity index is 0.717. The summed E-state index contributed by atoms with van der Waals surface area (Å²) in [6, 6.07) is 19.2. The lowest BCUT2D eigenvalue weighted by Gasteiger charge is -2.51. The second kappa shape index (κ2) is 16.7. The highest BCUT2D eigenvalue weighted by Crippen LogP contribution is 2.51. The maximum absolute atomic E-state index is 13.1. The predicted octanol–water partition coefficient (Wildman–Crippen LogP) is 8.85. The molecule has 63 heavy (non-hydrogen) atoms. The van der Waals surface area contributed by atoms with E-state index in [0.717, 1.165) is 104 Å². The van der Waals surface area contributed by atoms with Crippen molar-refractivity contribution >= 4 is 52.1 Å². The molecule has 3 fully saturated rings. The number of aliphatic imine (C=N–C) groups is 1. The fraction of sp³-hybridized carbons (Fsp3) is 0.362. The van der Waals surface area contributed by atoms with Crippen molar-refractivity contribution in [1.29, 1.82) is 5.26 Å². The van der Waals surface area contributed by atoms with Crippen molar-refractivity contribution in [3.63, 3.8) is 0 Å². The molecule has 2 aliphatic heterocycles. The van der Waals surface area contributed by atoms with Crippen molar-refractivity contribution in [2.24, 2.45) is 10.4 Å². The summed E-state index contributed by atoms with van der Waals surface area (Å²) in [7, 11) is 0. The number of aromatic nitrogens is 6. The van der Waals surface area contributed by atoms with E-state index in [2.05, 4.69) is 72.2 Å². The van der Waals surface area contributed by atoms with Gasteiger partial charge in [-0.25, -0.2) is 9.98 Å². The number of piperidine rings is 1. The van der Waals surface area contributed by atoms with Gasteiger partial charge in [-0.15, -0.1) is 31.7 Å². The van der Waals surface area contributed by atoms with Gasteiger partial charge in [0.15, 0.2) is 17.3 Å². The minimum absolute atomic E-state index is 0.0278. The van der Waals surface area contributed by atoms with E-state index in [0.29, 0.717) is 39.4 Å². The van der Waals surface area contributed by atoms with Gasteiger partial charge in [0, 0.05) is 47.3 Å². The lowest BCUT2D eigenvalue weighted by Crippen LogP contribution is -2.51. The van der Waals surface area contributed by atoms with Gasteiger partial charge >= 0.3 is 0 Å². The molecule has 1 saturated heterocycles. The number of thiophene rings is 1. The van der Waals surface area contributed by atoms with Crippen LogP contribution in [0.2, 0.25) is 5.02 Å². The van der Waals surface area contributed by atoms with Crippen LogP contribution >= 0.6 is 22.9 Å². The summed E-state index contributed by atoms with van der Waals surface area (Å²) < 4.78 is 20.3. The van der Waals surface area contributed by atoms with Gasteiger partial charge in [0.2, 0.25) is 5.89 Å². The van der Waals surface area contributed by atoms with E-state index < -0.39 is 0 Å². The largest absolute Gasteiger partial charge is 0.490 e. The average Bonchev–Trinajstić information content (AvgIpc) is 3.99. The number of aryl methyl sites for hydroxylation is 2. The van der Waals surface area contributed by atoms with Crippen molar-refractivity contribution < 1.29 is 18.7 Å². The Morgan fingerprint density at radius 1 is 0.952 bits per heavy atom. The molecule has 1 N–H and O–H groups in total. The first-order valence-corrected chi connectivity index (χ1v) is 22.6. The third-order valence-corrected chi connectivity index (χ3v) is 14.5. The molecule has 6 aromatic rings. The van der Waals surface area contributed by atoms with Crippen LogP contribution in [0, 0.1) is 37.5 Å². The molecule has 4 aliphatic rings. The highest BCUT2D eigenvalue weighted by Gasteiger charge is 2.47. The number of benzene rings is 2. The molecule has 16 heteroatoms. The summed E-state index contributed by atoms with van der Waals surface area (Å²) >= 11 is 7.88. The smallest absolute Gasteiger partial charge is 0.272 e. The Morgan fingerprint density at radius 3 is 2.41 bits per heavy atom. The Hall–Kier alpha value is -6.37. The number of ether oxygens (including phenoxy) is 2. The van der Waals surface area contributed by atoms with Gasteiger partial charge in [-0.05, 0) is 132 Å². The molecule has 10 rings (SSSR count). The highest BCUT2D eigenvalue weighted by molar-refractivity contribution is 7.15. The van der Waals surface area contributed by atoms with Gasteiger partial charge < -0.3 is 24.1 Å². The zero-order valence-corrected chi connectivity index (χ0v) is 36.7. The molecule has 1 amide bonds. The molecular weight excluding hydrogens is 836 g/mol. The maximum Gasteiger partial charge on any atom is 0.272 e. The molecule has 14 nitrogen and oxygen atoms in total. The molecule has 2 aliphatic carbocycles. The number of nitrogens with one attached hydrogen (secondary N) is 1. The number of halogens is 1. The topological polar surface area (TPSA) is 169 Å². The number of nitrogens with zero attached hydrogens (tertiary/aromatic N) is 9. The van der Waals surface area contributed by atoms with E-state index in [1.807, 2.05) is 31.2 Å². The number of amides is 1. The second-order valence-corrected chi connectivity index (χ2v) is 18.6. The van der Waals surface area contributed by atoms with Crippen LogP contribution in [0.5, 0.6) is 11.5 Å². The van der Waals surface area contributed by atoms with Gasteiger partial charge in [0.1, 0.15) is 40.4 Å². The van der Waals surface area contributed by atoms with E-state index >= 15 is 0 Å². The summed E-state index contributed by atoms with van der Waals surface area (Å²) in [6.45, 7) is 8.01. The number of anilines is 1. The fourth-order valence-electron chi connectivity index (χ4n) is 9.31. The molecule has 0 bridgehead atoms. The van der Waals surface area contributed by atoms with Crippen molar-refractivity contribution in [1.82, 2.24) is 35.3 Å². The zero-order valence-electron chi connectivity index (χ0n) is 35.2. The van der Waals surface area contributed by atoms with Crippen LogP contribution in [0.3, 0.4) is 0 Å². The Labute approximate surface area is 373 Å². The quantitative estimate of drug-likeness (QED) is 0.147. The van der Waals surface area contributed by atoms with Gasteiger partial charge in [-0.2, -0.15) is 5.26 Å². The van der Waals surface area contributed by atoms with Crippen LogP contribution in [0.15, 0.2) is 76.5 Å².